The van der Waals surface area contributed by atoms with Gasteiger partial charge in [0, 0.05) is 13.1 Å². The van der Waals surface area contributed by atoms with Crippen molar-refractivity contribution in [1.82, 2.24) is 4.72 Å². The second kappa shape index (κ2) is 6.39. The Hall–Kier alpha value is -1.69. The smallest absolute Gasteiger partial charge is 0.240 e. The van der Waals surface area contributed by atoms with Gasteiger partial charge in [-0.2, -0.15) is 0 Å². The molecule has 0 amide bonds. The van der Waals surface area contributed by atoms with E-state index in [2.05, 4.69) is 4.72 Å². The van der Waals surface area contributed by atoms with Gasteiger partial charge in [0.2, 0.25) is 10.0 Å². The molecule has 0 unspecified atom stereocenters. The van der Waals surface area contributed by atoms with E-state index in [1.54, 1.807) is 18.2 Å². The largest absolute Gasteiger partial charge is 0.326 e. The second-order valence-corrected chi connectivity index (χ2v) is 6.81. The third-order valence-corrected chi connectivity index (χ3v) is 4.96. The van der Waals surface area contributed by atoms with Crippen molar-refractivity contribution in [2.24, 2.45) is 5.73 Å². The summed E-state index contributed by atoms with van der Waals surface area (Å²) in [4.78, 5) is 0.252. The second-order valence-electron chi connectivity index (χ2n) is 5.04. The van der Waals surface area contributed by atoms with Crippen molar-refractivity contribution in [3.05, 3.63) is 64.7 Å². The fourth-order valence-electron chi connectivity index (χ4n) is 2.10. The Morgan fingerprint density at radius 1 is 1.00 bits per heavy atom. The van der Waals surface area contributed by atoms with Gasteiger partial charge in [0.1, 0.15) is 0 Å². The first-order valence-electron chi connectivity index (χ1n) is 6.78. The Bertz CT molecular complexity index is 740. The minimum absolute atomic E-state index is 0.252. The highest BCUT2D eigenvalue weighted by Crippen LogP contribution is 2.16. The van der Waals surface area contributed by atoms with Crippen LogP contribution in [0.25, 0.3) is 0 Å². The lowest BCUT2D eigenvalue weighted by molar-refractivity contribution is 0.581. The number of sulfonamides is 1. The number of hydrogen-bond donors (Lipinski definition) is 2. The topological polar surface area (TPSA) is 72.2 Å². The molecule has 0 atom stereocenters. The summed E-state index contributed by atoms with van der Waals surface area (Å²) in [6.07, 6.45) is 0. The summed E-state index contributed by atoms with van der Waals surface area (Å²) in [5.41, 5.74) is 9.50. The third kappa shape index (κ3) is 3.69. The number of benzene rings is 2. The first-order chi connectivity index (χ1) is 9.94. The van der Waals surface area contributed by atoms with Crippen LogP contribution >= 0.6 is 0 Å². The van der Waals surface area contributed by atoms with Gasteiger partial charge in [-0.3, -0.25) is 0 Å². The summed E-state index contributed by atoms with van der Waals surface area (Å²) >= 11 is 0. The summed E-state index contributed by atoms with van der Waals surface area (Å²) in [6, 6.07) is 12.7. The zero-order valence-electron chi connectivity index (χ0n) is 12.3. The molecule has 0 radical (unpaired) electrons. The Labute approximate surface area is 126 Å². The van der Waals surface area contributed by atoms with E-state index in [-0.39, 0.29) is 11.4 Å². The molecule has 2 aromatic rings. The van der Waals surface area contributed by atoms with E-state index >= 15 is 0 Å². The number of rotatable bonds is 5. The highest BCUT2D eigenvalue weighted by atomic mass is 32.2. The molecule has 2 aromatic carbocycles. The van der Waals surface area contributed by atoms with E-state index in [1.165, 1.54) is 0 Å². The van der Waals surface area contributed by atoms with Crippen LogP contribution in [0.5, 0.6) is 0 Å². The quantitative estimate of drug-likeness (QED) is 0.890. The standard InChI is InChI=1S/C16H20N2O2S/c1-12-5-3-4-6-14(12)11-18-21(19,20)16-8-7-13(2)15(9-16)10-17/h3-9,18H,10-11,17H2,1-2H3. The van der Waals surface area contributed by atoms with Gasteiger partial charge in [0.05, 0.1) is 4.90 Å². The monoisotopic (exact) mass is 304 g/mol. The molecule has 0 aliphatic heterocycles. The molecule has 2 rings (SSSR count). The van der Waals surface area contributed by atoms with E-state index in [1.807, 2.05) is 38.1 Å². The van der Waals surface area contributed by atoms with Crippen LogP contribution < -0.4 is 10.5 Å². The summed E-state index contributed by atoms with van der Waals surface area (Å²) in [7, 11) is -3.53. The molecular weight excluding hydrogens is 284 g/mol. The van der Waals surface area contributed by atoms with Crippen LogP contribution in [0, 0.1) is 13.8 Å². The minimum atomic E-state index is -3.53. The van der Waals surface area contributed by atoms with Gasteiger partial charge in [0.25, 0.3) is 0 Å². The van der Waals surface area contributed by atoms with Crippen LogP contribution in [0.15, 0.2) is 47.4 Å². The molecule has 0 aromatic heterocycles. The molecule has 0 saturated carbocycles. The molecule has 0 saturated heterocycles. The number of hydrogen-bond acceptors (Lipinski definition) is 3. The van der Waals surface area contributed by atoms with Gasteiger partial charge in [-0.15, -0.1) is 0 Å². The number of nitrogens with one attached hydrogen (secondary N) is 1. The number of nitrogens with two attached hydrogens (primary N) is 1. The van der Waals surface area contributed by atoms with Gasteiger partial charge < -0.3 is 5.73 Å². The SMILES string of the molecule is Cc1ccc(S(=O)(=O)NCc2ccccc2C)cc1CN. The molecule has 0 aliphatic rings. The molecule has 21 heavy (non-hydrogen) atoms. The Morgan fingerprint density at radius 3 is 2.33 bits per heavy atom. The molecule has 5 heteroatoms. The molecular formula is C16H20N2O2S. The third-order valence-electron chi connectivity index (χ3n) is 3.56. The van der Waals surface area contributed by atoms with Gasteiger partial charge in [0.15, 0.2) is 0 Å². The van der Waals surface area contributed by atoms with E-state index in [0.717, 1.165) is 22.3 Å². The molecule has 0 heterocycles. The molecule has 112 valence electrons. The van der Waals surface area contributed by atoms with Crippen molar-refractivity contribution in [2.75, 3.05) is 0 Å². The summed E-state index contributed by atoms with van der Waals surface area (Å²) < 4.78 is 27.3. The van der Waals surface area contributed by atoms with Gasteiger partial charge in [-0.05, 0) is 48.2 Å². The first kappa shape index (κ1) is 15.7. The molecule has 3 N–H and O–H groups in total. The summed E-state index contributed by atoms with van der Waals surface area (Å²) in [5, 5.41) is 0. The van der Waals surface area contributed by atoms with Crippen LogP contribution in [-0.4, -0.2) is 8.42 Å². The molecule has 0 aliphatic carbocycles. The number of aryl methyl sites for hydroxylation is 2. The van der Waals surface area contributed by atoms with Crippen LogP contribution in [0.4, 0.5) is 0 Å². The van der Waals surface area contributed by atoms with Crippen LogP contribution in [0.3, 0.4) is 0 Å². The summed E-state index contributed by atoms with van der Waals surface area (Å²) in [6.45, 7) is 4.48. The van der Waals surface area contributed by atoms with Crippen molar-refractivity contribution >= 4 is 10.0 Å². The maximum atomic E-state index is 12.3. The van der Waals surface area contributed by atoms with Crippen molar-refractivity contribution in [2.45, 2.75) is 31.8 Å². The zero-order valence-corrected chi connectivity index (χ0v) is 13.1. The predicted octanol–water partition coefficient (Wildman–Crippen LogP) is 2.24. The highest BCUT2D eigenvalue weighted by Gasteiger charge is 2.15. The van der Waals surface area contributed by atoms with Crippen molar-refractivity contribution in [1.29, 1.82) is 0 Å². The lowest BCUT2D eigenvalue weighted by Gasteiger charge is -2.11. The predicted molar refractivity (Wildman–Crippen MR) is 84.3 cm³/mol. The van der Waals surface area contributed by atoms with E-state index in [0.29, 0.717) is 6.54 Å². The van der Waals surface area contributed by atoms with Crippen LogP contribution in [-0.2, 0) is 23.1 Å². The Balaban J connectivity index is 2.21. The van der Waals surface area contributed by atoms with E-state index in [9.17, 15) is 8.42 Å². The van der Waals surface area contributed by atoms with Crippen molar-refractivity contribution in [3.63, 3.8) is 0 Å². The molecule has 4 nitrogen and oxygen atoms in total. The average molecular weight is 304 g/mol. The lowest BCUT2D eigenvalue weighted by Crippen LogP contribution is -2.24. The van der Waals surface area contributed by atoms with Crippen LogP contribution in [0.1, 0.15) is 22.3 Å². The van der Waals surface area contributed by atoms with Crippen molar-refractivity contribution < 1.29 is 8.42 Å². The zero-order chi connectivity index (χ0) is 15.5. The summed E-state index contributed by atoms with van der Waals surface area (Å²) in [5.74, 6) is 0. The molecule has 0 bridgehead atoms. The Kier molecular flexibility index (Phi) is 4.77. The maximum Gasteiger partial charge on any atom is 0.240 e. The molecule has 0 fully saturated rings. The normalized spacial score (nSPS) is 11.6. The van der Waals surface area contributed by atoms with Gasteiger partial charge >= 0.3 is 0 Å². The Morgan fingerprint density at radius 2 is 1.67 bits per heavy atom. The van der Waals surface area contributed by atoms with Crippen LogP contribution in [0.2, 0.25) is 0 Å². The van der Waals surface area contributed by atoms with Crippen molar-refractivity contribution in [3.8, 4) is 0 Å². The average Bonchev–Trinajstić information content (AvgIpc) is 2.46. The minimum Gasteiger partial charge on any atom is -0.326 e. The first-order valence-corrected chi connectivity index (χ1v) is 8.26. The van der Waals surface area contributed by atoms with Gasteiger partial charge in [-0.1, -0.05) is 30.3 Å². The maximum absolute atomic E-state index is 12.3. The lowest BCUT2D eigenvalue weighted by atomic mass is 10.1. The fraction of sp³-hybridized carbons (Fsp3) is 0.250. The highest BCUT2D eigenvalue weighted by molar-refractivity contribution is 7.89. The van der Waals surface area contributed by atoms with E-state index in [4.69, 9.17) is 5.73 Å². The molecule has 0 spiro atoms. The fourth-order valence-corrected chi connectivity index (χ4v) is 3.16. The van der Waals surface area contributed by atoms with Gasteiger partial charge in [-0.25, -0.2) is 13.1 Å². The van der Waals surface area contributed by atoms with E-state index < -0.39 is 10.0 Å².